The van der Waals surface area contributed by atoms with E-state index in [0.29, 0.717) is 0 Å². The largest absolute Gasteiger partial charge is 0.467 e. The molecule has 0 aliphatic heterocycles. The highest BCUT2D eigenvalue weighted by Crippen LogP contribution is 2.34. The molecular formula is C16H13ClINOS. The van der Waals surface area contributed by atoms with E-state index >= 15 is 0 Å². The predicted molar refractivity (Wildman–Crippen MR) is 97.4 cm³/mol. The number of aryl methyl sites for hydroxylation is 1. The number of rotatable bonds is 4. The SMILES string of the molecule is Cc1ccc(NC(c2ccco2)c2ccc(Cl)s2)cc1I. The van der Waals surface area contributed by atoms with E-state index in [2.05, 4.69) is 53.0 Å². The Morgan fingerprint density at radius 2 is 2.10 bits per heavy atom. The predicted octanol–water partition coefficient (Wildman–Crippen LogP) is 6.11. The molecule has 3 aromatic rings. The molecule has 5 heteroatoms. The van der Waals surface area contributed by atoms with Gasteiger partial charge in [-0.25, -0.2) is 0 Å². The fourth-order valence-electron chi connectivity index (χ4n) is 2.07. The Bertz CT molecular complexity index is 739. The molecule has 0 saturated heterocycles. The zero-order valence-corrected chi connectivity index (χ0v) is 15.0. The quantitative estimate of drug-likeness (QED) is 0.506. The van der Waals surface area contributed by atoms with Crippen LogP contribution in [-0.4, -0.2) is 0 Å². The zero-order chi connectivity index (χ0) is 14.8. The van der Waals surface area contributed by atoms with Crippen molar-refractivity contribution in [3.63, 3.8) is 0 Å². The van der Waals surface area contributed by atoms with Gasteiger partial charge < -0.3 is 9.73 Å². The number of nitrogens with one attached hydrogen (secondary N) is 1. The van der Waals surface area contributed by atoms with Crippen molar-refractivity contribution in [2.24, 2.45) is 0 Å². The van der Waals surface area contributed by atoms with E-state index in [9.17, 15) is 0 Å². The van der Waals surface area contributed by atoms with Gasteiger partial charge in [-0.15, -0.1) is 11.3 Å². The topological polar surface area (TPSA) is 25.2 Å². The third kappa shape index (κ3) is 3.44. The van der Waals surface area contributed by atoms with Crippen LogP contribution in [0.5, 0.6) is 0 Å². The second kappa shape index (κ2) is 6.42. The summed E-state index contributed by atoms with van der Waals surface area (Å²) in [7, 11) is 0. The lowest BCUT2D eigenvalue weighted by Gasteiger charge is -2.17. The van der Waals surface area contributed by atoms with E-state index in [-0.39, 0.29) is 6.04 Å². The van der Waals surface area contributed by atoms with E-state index in [1.54, 1.807) is 17.6 Å². The third-order valence-electron chi connectivity index (χ3n) is 3.19. The van der Waals surface area contributed by atoms with Gasteiger partial charge in [0.25, 0.3) is 0 Å². The van der Waals surface area contributed by atoms with Gasteiger partial charge in [-0.05, 0) is 71.5 Å². The molecule has 0 aliphatic rings. The lowest BCUT2D eigenvalue weighted by molar-refractivity contribution is 0.501. The summed E-state index contributed by atoms with van der Waals surface area (Å²) in [4.78, 5) is 1.13. The van der Waals surface area contributed by atoms with Gasteiger partial charge in [0.1, 0.15) is 11.8 Å². The second-order valence-corrected chi connectivity index (χ2v) is 7.61. The Labute approximate surface area is 146 Å². The first-order valence-corrected chi connectivity index (χ1v) is 8.72. The number of anilines is 1. The smallest absolute Gasteiger partial charge is 0.131 e. The number of thiophene rings is 1. The van der Waals surface area contributed by atoms with Crippen molar-refractivity contribution in [2.75, 3.05) is 5.32 Å². The van der Waals surface area contributed by atoms with E-state index < -0.39 is 0 Å². The van der Waals surface area contributed by atoms with Crippen molar-refractivity contribution >= 4 is 51.2 Å². The Hall–Kier alpha value is -0.980. The summed E-state index contributed by atoms with van der Waals surface area (Å²) < 4.78 is 7.60. The summed E-state index contributed by atoms with van der Waals surface area (Å²) in [6, 6.07) is 14.1. The van der Waals surface area contributed by atoms with Crippen LogP contribution in [0.15, 0.2) is 53.1 Å². The van der Waals surface area contributed by atoms with Crippen LogP contribution in [0.1, 0.15) is 22.2 Å². The Morgan fingerprint density at radius 1 is 1.24 bits per heavy atom. The van der Waals surface area contributed by atoms with Crippen LogP contribution in [0, 0.1) is 10.5 Å². The molecule has 21 heavy (non-hydrogen) atoms. The van der Waals surface area contributed by atoms with Gasteiger partial charge in [-0.2, -0.15) is 0 Å². The molecule has 108 valence electrons. The molecule has 2 aromatic heterocycles. The van der Waals surface area contributed by atoms with Gasteiger partial charge in [0, 0.05) is 14.1 Å². The van der Waals surface area contributed by atoms with Gasteiger partial charge >= 0.3 is 0 Å². The first-order chi connectivity index (χ1) is 10.1. The molecule has 0 aliphatic carbocycles. The van der Waals surface area contributed by atoms with Crippen LogP contribution in [-0.2, 0) is 0 Å². The minimum Gasteiger partial charge on any atom is -0.467 e. The molecular weight excluding hydrogens is 417 g/mol. The van der Waals surface area contributed by atoms with Crippen LogP contribution >= 0.6 is 45.5 Å². The Kier molecular flexibility index (Phi) is 4.57. The van der Waals surface area contributed by atoms with Gasteiger partial charge in [-0.3, -0.25) is 0 Å². The summed E-state index contributed by atoms with van der Waals surface area (Å²) in [5.74, 6) is 0.879. The standard InChI is InChI=1S/C16H13ClINOS/c1-10-4-5-11(9-12(10)18)19-16(13-3-2-8-20-13)14-6-7-15(17)21-14/h2-9,16,19H,1H3. The maximum atomic E-state index is 6.07. The zero-order valence-electron chi connectivity index (χ0n) is 11.3. The van der Waals surface area contributed by atoms with Crippen LogP contribution in [0.25, 0.3) is 0 Å². The highest BCUT2D eigenvalue weighted by molar-refractivity contribution is 14.1. The van der Waals surface area contributed by atoms with Gasteiger partial charge in [-0.1, -0.05) is 17.7 Å². The summed E-state index contributed by atoms with van der Waals surface area (Å²) in [5.41, 5.74) is 2.34. The second-order valence-electron chi connectivity index (χ2n) is 4.70. The minimum atomic E-state index is -0.0315. The third-order valence-corrected chi connectivity index (χ3v) is 5.65. The Balaban J connectivity index is 1.94. The molecule has 0 fully saturated rings. The molecule has 2 nitrogen and oxygen atoms in total. The van der Waals surface area contributed by atoms with Gasteiger partial charge in [0.05, 0.1) is 10.6 Å². The van der Waals surface area contributed by atoms with Gasteiger partial charge in [0.2, 0.25) is 0 Å². The molecule has 0 saturated carbocycles. The molecule has 1 atom stereocenters. The summed E-state index contributed by atoms with van der Waals surface area (Å²) in [6.07, 6.45) is 1.69. The average Bonchev–Trinajstić information content (AvgIpc) is 3.11. The summed E-state index contributed by atoms with van der Waals surface area (Å²) >= 11 is 9.98. The first-order valence-electron chi connectivity index (χ1n) is 6.45. The normalized spacial score (nSPS) is 12.3. The van der Waals surface area contributed by atoms with Crippen LogP contribution < -0.4 is 5.32 Å². The molecule has 0 radical (unpaired) electrons. The van der Waals surface area contributed by atoms with Crippen LogP contribution in [0.4, 0.5) is 5.69 Å². The molecule has 1 N–H and O–H groups in total. The highest BCUT2D eigenvalue weighted by Gasteiger charge is 2.19. The number of hydrogen-bond donors (Lipinski definition) is 1. The number of hydrogen-bond acceptors (Lipinski definition) is 3. The van der Waals surface area contributed by atoms with E-state index in [1.165, 1.54) is 9.13 Å². The fourth-order valence-corrected chi connectivity index (χ4v) is 3.71. The Morgan fingerprint density at radius 3 is 2.71 bits per heavy atom. The molecule has 1 unspecified atom stereocenters. The lowest BCUT2D eigenvalue weighted by atomic mass is 10.1. The van der Waals surface area contributed by atoms with E-state index in [4.69, 9.17) is 16.0 Å². The fraction of sp³-hybridized carbons (Fsp3) is 0.125. The van der Waals surface area contributed by atoms with Crippen LogP contribution in [0.2, 0.25) is 4.34 Å². The number of benzene rings is 1. The monoisotopic (exact) mass is 429 g/mol. The molecule has 3 rings (SSSR count). The highest BCUT2D eigenvalue weighted by atomic mass is 127. The lowest BCUT2D eigenvalue weighted by Crippen LogP contribution is -2.10. The summed E-state index contributed by atoms with van der Waals surface area (Å²) in [6.45, 7) is 2.11. The van der Waals surface area contributed by atoms with Crippen LogP contribution in [0.3, 0.4) is 0 Å². The maximum absolute atomic E-state index is 6.07. The minimum absolute atomic E-state index is 0.0315. The molecule has 0 bridgehead atoms. The molecule has 2 heterocycles. The van der Waals surface area contributed by atoms with E-state index in [0.717, 1.165) is 20.7 Å². The van der Waals surface area contributed by atoms with Gasteiger partial charge in [0.15, 0.2) is 0 Å². The number of halogens is 2. The van der Waals surface area contributed by atoms with E-state index in [1.807, 2.05) is 24.3 Å². The maximum Gasteiger partial charge on any atom is 0.131 e. The summed E-state index contributed by atoms with van der Waals surface area (Å²) in [5, 5.41) is 3.53. The first kappa shape index (κ1) is 14.9. The van der Waals surface area contributed by atoms with Crippen molar-refractivity contribution in [1.29, 1.82) is 0 Å². The van der Waals surface area contributed by atoms with Crippen molar-refractivity contribution in [3.05, 3.63) is 72.8 Å². The molecule has 0 spiro atoms. The van der Waals surface area contributed by atoms with Crippen molar-refractivity contribution in [2.45, 2.75) is 13.0 Å². The average molecular weight is 430 g/mol. The van der Waals surface area contributed by atoms with Crippen molar-refractivity contribution in [1.82, 2.24) is 0 Å². The number of furan rings is 1. The molecule has 0 amide bonds. The molecule has 1 aromatic carbocycles. The van der Waals surface area contributed by atoms with Crippen molar-refractivity contribution in [3.8, 4) is 0 Å². The van der Waals surface area contributed by atoms with Crippen molar-refractivity contribution < 1.29 is 4.42 Å².